The van der Waals surface area contributed by atoms with Gasteiger partial charge in [-0.15, -0.1) is 0 Å². The number of rotatable bonds is 16. The van der Waals surface area contributed by atoms with Gasteiger partial charge in [0.15, 0.2) is 0 Å². The van der Waals surface area contributed by atoms with Gasteiger partial charge in [-0.1, -0.05) is 12.1 Å². The maximum atomic E-state index is 13.1. The van der Waals surface area contributed by atoms with Gasteiger partial charge >= 0.3 is 18.1 Å². The standard InChI is InChI=1S/C26H42N6O8/c1-26(2,3)40-25(39)30-13-5-4-8-19(31-21(34)18(27)7-6-14-29-24(28)38)22(35)32-20(23(36)37)15-16-9-11-17(33)12-10-16/h9-12,18-20,33H,4-8,13-15,27H2,1-3H3,(H,30,39)(H,31,34)(H,32,35)(H,36,37)(H3,28,29,38)/t18-,19-,20-/m0/s1. The number of benzene rings is 1. The van der Waals surface area contributed by atoms with Crippen LogP contribution < -0.4 is 32.7 Å². The number of urea groups is 1. The molecule has 14 heteroatoms. The number of unbranched alkanes of at least 4 members (excludes halogenated alkanes) is 1. The van der Waals surface area contributed by atoms with Crippen LogP contribution in [0.5, 0.6) is 5.75 Å². The summed E-state index contributed by atoms with van der Waals surface area (Å²) >= 11 is 0. The number of primary amides is 1. The van der Waals surface area contributed by atoms with Crippen molar-refractivity contribution in [2.45, 2.75) is 83.0 Å². The zero-order valence-electron chi connectivity index (χ0n) is 23.2. The summed E-state index contributed by atoms with van der Waals surface area (Å²) in [6.07, 6.45) is 0.965. The highest BCUT2D eigenvalue weighted by Crippen LogP contribution is 2.12. The molecule has 0 aliphatic heterocycles. The number of nitrogens with two attached hydrogens (primary N) is 2. The molecule has 0 aromatic heterocycles. The van der Waals surface area contributed by atoms with Crippen LogP contribution in [0.15, 0.2) is 24.3 Å². The van der Waals surface area contributed by atoms with Crippen LogP contribution in [0.1, 0.15) is 58.4 Å². The van der Waals surface area contributed by atoms with Gasteiger partial charge in [0.1, 0.15) is 23.4 Å². The number of aliphatic carboxylic acids is 1. The van der Waals surface area contributed by atoms with Gasteiger partial charge in [-0.2, -0.15) is 0 Å². The number of carboxylic acids is 1. The zero-order valence-corrected chi connectivity index (χ0v) is 23.2. The topological polar surface area (TPSA) is 235 Å². The molecular weight excluding hydrogens is 524 g/mol. The van der Waals surface area contributed by atoms with Crippen molar-refractivity contribution in [3.05, 3.63) is 29.8 Å². The molecule has 10 N–H and O–H groups in total. The molecule has 0 aliphatic carbocycles. The second kappa shape index (κ2) is 16.8. The number of aromatic hydroxyl groups is 1. The Hall–Kier alpha value is -4.07. The number of phenols is 1. The summed E-state index contributed by atoms with van der Waals surface area (Å²) in [5.74, 6) is -2.57. The fourth-order valence-electron chi connectivity index (χ4n) is 3.53. The molecule has 1 aromatic rings. The predicted molar refractivity (Wildman–Crippen MR) is 146 cm³/mol. The molecule has 1 rings (SSSR count). The van der Waals surface area contributed by atoms with Crippen LogP contribution in [-0.4, -0.2) is 76.9 Å². The normalized spacial score (nSPS) is 13.3. The first kappa shape index (κ1) is 34.0. The maximum absolute atomic E-state index is 13.1. The molecule has 0 saturated carbocycles. The summed E-state index contributed by atoms with van der Waals surface area (Å²) in [5.41, 5.74) is 10.9. The number of hydrogen-bond donors (Lipinski definition) is 8. The number of ether oxygens (including phenoxy) is 1. The van der Waals surface area contributed by atoms with Crippen molar-refractivity contribution >= 4 is 29.9 Å². The van der Waals surface area contributed by atoms with Crippen LogP contribution in [0.25, 0.3) is 0 Å². The SMILES string of the molecule is CC(C)(C)OC(=O)NCCCC[C@H](NC(=O)[C@@H](N)CCCNC(N)=O)C(=O)N[C@@H](Cc1ccc(O)cc1)C(=O)O. The fourth-order valence-corrected chi connectivity index (χ4v) is 3.53. The highest BCUT2D eigenvalue weighted by atomic mass is 16.6. The molecule has 0 aliphatic rings. The molecule has 0 unspecified atom stereocenters. The Kier molecular flexibility index (Phi) is 14.3. The average molecular weight is 567 g/mol. The summed E-state index contributed by atoms with van der Waals surface area (Å²) in [5, 5.41) is 29.2. The molecule has 0 bridgehead atoms. The van der Waals surface area contributed by atoms with Gasteiger partial charge in [-0.25, -0.2) is 14.4 Å². The Bertz CT molecular complexity index is 996. The molecule has 224 valence electrons. The first-order valence-electron chi connectivity index (χ1n) is 13.0. The van der Waals surface area contributed by atoms with E-state index >= 15 is 0 Å². The van der Waals surface area contributed by atoms with E-state index < -0.39 is 53.6 Å². The zero-order chi connectivity index (χ0) is 30.3. The van der Waals surface area contributed by atoms with Gasteiger partial charge in [0.25, 0.3) is 0 Å². The summed E-state index contributed by atoms with van der Waals surface area (Å²) in [6.45, 7) is 5.71. The number of carboxylic acid groups (broad SMARTS) is 1. The van der Waals surface area contributed by atoms with E-state index in [1.807, 2.05) is 0 Å². The number of carbonyl (C=O) groups excluding carboxylic acids is 4. The van der Waals surface area contributed by atoms with E-state index in [9.17, 15) is 34.2 Å². The summed E-state index contributed by atoms with van der Waals surface area (Å²) in [6, 6.07) is 1.84. The third-order valence-corrected chi connectivity index (χ3v) is 5.54. The minimum absolute atomic E-state index is 0.0188. The second-order valence-electron chi connectivity index (χ2n) is 10.3. The maximum Gasteiger partial charge on any atom is 0.407 e. The molecule has 0 spiro atoms. The number of alkyl carbamates (subject to hydrolysis) is 1. The molecule has 3 atom stereocenters. The van der Waals surface area contributed by atoms with Crippen LogP contribution in [0.3, 0.4) is 0 Å². The molecule has 40 heavy (non-hydrogen) atoms. The Balaban J connectivity index is 2.80. The van der Waals surface area contributed by atoms with Crippen molar-refractivity contribution in [2.24, 2.45) is 11.5 Å². The minimum atomic E-state index is -1.29. The Morgan fingerprint density at radius 2 is 1.48 bits per heavy atom. The van der Waals surface area contributed by atoms with Crippen molar-refractivity contribution in [1.29, 1.82) is 0 Å². The predicted octanol–water partition coefficient (Wildman–Crippen LogP) is 0.460. The van der Waals surface area contributed by atoms with Crippen molar-refractivity contribution in [2.75, 3.05) is 13.1 Å². The quantitative estimate of drug-likeness (QED) is 0.130. The summed E-state index contributed by atoms with van der Waals surface area (Å²) in [7, 11) is 0. The van der Waals surface area contributed by atoms with Gasteiger partial charge < -0.3 is 47.7 Å². The average Bonchev–Trinajstić information content (AvgIpc) is 2.84. The third kappa shape index (κ3) is 14.8. The van der Waals surface area contributed by atoms with E-state index in [0.717, 1.165) is 0 Å². The van der Waals surface area contributed by atoms with E-state index in [1.165, 1.54) is 12.1 Å². The molecule has 14 nitrogen and oxygen atoms in total. The second-order valence-corrected chi connectivity index (χ2v) is 10.3. The van der Waals surface area contributed by atoms with Crippen molar-refractivity contribution in [3.63, 3.8) is 0 Å². The third-order valence-electron chi connectivity index (χ3n) is 5.54. The minimum Gasteiger partial charge on any atom is -0.508 e. The van der Waals surface area contributed by atoms with Gasteiger partial charge in [0, 0.05) is 19.5 Å². The Morgan fingerprint density at radius 1 is 0.875 bits per heavy atom. The first-order chi connectivity index (χ1) is 18.7. The summed E-state index contributed by atoms with van der Waals surface area (Å²) < 4.78 is 5.17. The van der Waals surface area contributed by atoms with Crippen LogP contribution in [0.4, 0.5) is 9.59 Å². The number of amides is 5. The number of hydrogen-bond acceptors (Lipinski definition) is 8. The van der Waals surface area contributed by atoms with Crippen molar-refractivity contribution in [3.8, 4) is 5.75 Å². The van der Waals surface area contributed by atoms with Crippen LogP contribution in [-0.2, 0) is 25.5 Å². The lowest BCUT2D eigenvalue weighted by molar-refractivity contribution is -0.142. The van der Waals surface area contributed by atoms with Crippen LogP contribution >= 0.6 is 0 Å². The molecular formula is C26H42N6O8. The smallest absolute Gasteiger partial charge is 0.407 e. The lowest BCUT2D eigenvalue weighted by Crippen LogP contribution is -2.54. The number of phenolic OH excluding ortho intramolecular Hbond substituents is 1. The lowest BCUT2D eigenvalue weighted by atomic mass is 10.0. The molecule has 0 heterocycles. The largest absolute Gasteiger partial charge is 0.508 e. The Labute approximate surface area is 233 Å². The number of carbonyl (C=O) groups is 5. The first-order valence-corrected chi connectivity index (χ1v) is 13.0. The fraction of sp³-hybridized carbons (Fsp3) is 0.577. The van der Waals surface area contributed by atoms with E-state index in [-0.39, 0.29) is 38.1 Å². The van der Waals surface area contributed by atoms with Crippen LogP contribution in [0, 0.1) is 0 Å². The highest BCUT2D eigenvalue weighted by molar-refractivity contribution is 5.91. The highest BCUT2D eigenvalue weighted by Gasteiger charge is 2.28. The monoisotopic (exact) mass is 566 g/mol. The van der Waals surface area contributed by atoms with Gasteiger partial charge in [0.05, 0.1) is 6.04 Å². The van der Waals surface area contributed by atoms with Gasteiger partial charge in [0.2, 0.25) is 11.8 Å². The van der Waals surface area contributed by atoms with E-state index in [1.54, 1.807) is 32.9 Å². The number of nitrogens with one attached hydrogen (secondary N) is 4. The molecule has 0 radical (unpaired) electrons. The molecule has 5 amide bonds. The van der Waals surface area contributed by atoms with Gasteiger partial charge in [-0.3, -0.25) is 9.59 Å². The molecule has 0 fully saturated rings. The molecule has 1 aromatic carbocycles. The van der Waals surface area contributed by atoms with Gasteiger partial charge in [-0.05, 0) is 70.6 Å². The van der Waals surface area contributed by atoms with E-state index in [0.29, 0.717) is 24.8 Å². The lowest BCUT2D eigenvalue weighted by Gasteiger charge is -2.23. The van der Waals surface area contributed by atoms with E-state index in [2.05, 4.69) is 21.3 Å². The molecule has 0 saturated heterocycles. The van der Waals surface area contributed by atoms with Crippen molar-refractivity contribution in [1.82, 2.24) is 21.3 Å². The van der Waals surface area contributed by atoms with E-state index in [4.69, 9.17) is 16.2 Å². The van der Waals surface area contributed by atoms with Crippen LogP contribution in [0.2, 0.25) is 0 Å². The summed E-state index contributed by atoms with van der Waals surface area (Å²) in [4.78, 5) is 60.3. The Morgan fingerprint density at radius 3 is 2.05 bits per heavy atom. The van der Waals surface area contributed by atoms with Crippen molar-refractivity contribution < 1.29 is 38.9 Å².